The minimum Gasteiger partial charge on any atom is -0.427 e. The Hall–Kier alpha value is -2.25. The van der Waals surface area contributed by atoms with Gasteiger partial charge in [0.25, 0.3) is 0 Å². The molecule has 8 heteroatoms. The lowest BCUT2D eigenvalue weighted by Gasteiger charge is -1.99. The quantitative estimate of drug-likeness (QED) is 0.434. The van der Waals surface area contributed by atoms with Gasteiger partial charge < -0.3 is 16.1 Å². The Morgan fingerprint density at radius 1 is 1.46 bits per heavy atom. The van der Waals surface area contributed by atoms with Crippen LogP contribution in [-0.2, 0) is 0 Å². The van der Waals surface area contributed by atoms with Gasteiger partial charge in [0.15, 0.2) is 5.52 Å². The summed E-state index contributed by atoms with van der Waals surface area (Å²) in [5.74, 6) is -0.379. The molecule has 0 aliphatic carbocycles. The molecule has 0 saturated heterocycles. The van der Waals surface area contributed by atoms with Crippen LogP contribution in [0.15, 0.2) is 11.1 Å². The average Bonchev–Trinajstić information content (AvgIpc) is 2.44. The number of hydrogen-bond donors (Lipinski definition) is 3. The maximum Gasteiger partial charge on any atom is 0.304 e. The summed E-state index contributed by atoms with van der Waals surface area (Å²) in [4.78, 5) is 17.9. The van der Waals surface area contributed by atoms with Crippen molar-refractivity contribution in [1.29, 1.82) is 0 Å². The number of nitrogens with zero attached hydrogens (tertiary/aromatic N) is 4. The van der Waals surface area contributed by atoms with Gasteiger partial charge in [0, 0.05) is 0 Å². The number of anilines is 1. The summed E-state index contributed by atoms with van der Waals surface area (Å²) in [6.07, 6.45) is 0.958. The van der Waals surface area contributed by atoms with E-state index in [1.54, 1.807) is 0 Å². The van der Waals surface area contributed by atoms with Gasteiger partial charge in [0.05, 0.1) is 0 Å². The average molecular weight is 183 g/mol. The summed E-state index contributed by atoms with van der Waals surface area (Å²) in [6.45, 7) is 0. The first-order chi connectivity index (χ1) is 6.11. The molecule has 0 bridgehead atoms. The second-order valence-corrected chi connectivity index (χ2v) is 2.35. The number of rotatable bonds is 0. The fraction of sp³-hybridized carbons (Fsp3) is 0. The third kappa shape index (κ3) is 0.818. The lowest BCUT2D eigenvalue weighted by molar-refractivity contribution is 0.192. The van der Waals surface area contributed by atoms with Crippen molar-refractivity contribution < 1.29 is 10.4 Å². The van der Waals surface area contributed by atoms with E-state index in [9.17, 15) is 10.0 Å². The van der Waals surface area contributed by atoms with Crippen molar-refractivity contribution in [3.63, 3.8) is 0 Å². The molecule has 0 amide bonds. The van der Waals surface area contributed by atoms with Crippen molar-refractivity contribution in [2.45, 2.75) is 0 Å². The molecule has 0 saturated carbocycles. The number of hydrogen-bond acceptors (Lipinski definition) is 6. The molecule has 0 fully saturated rings. The molecule has 13 heavy (non-hydrogen) atoms. The van der Waals surface area contributed by atoms with E-state index in [1.165, 1.54) is 0 Å². The van der Waals surface area contributed by atoms with Gasteiger partial charge in [-0.05, 0) is 0 Å². The molecule has 0 atom stereocenters. The molecule has 0 unspecified atom stereocenters. The van der Waals surface area contributed by atoms with Gasteiger partial charge in [-0.3, -0.25) is 4.79 Å². The van der Waals surface area contributed by atoms with E-state index in [2.05, 4.69) is 9.97 Å². The third-order valence-electron chi connectivity index (χ3n) is 1.57. The number of aromatic nitrogens is 4. The van der Waals surface area contributed by atoms with Gasteiger partial charge >= 0.3 is 5.56 Å². The van der Waals surface area contributed by atoms with Gasteiger partial charge in [-0.1, -0.05) is 0 Å². The fourth-order valence-corrected chi connectivity index (χ4v) is 0.992. The van der Waals surface area contributed by atoms with Crippen LogP contribution in [-0.4, -0.2) is 29.8 Å². The predicted molar refractivity (Wildman–Crippen MR) is 40.6 cm³/mol. The predicted octanol–water partition coefficient (Wildman–Crippen LogP) is -1.35. The Morgan fingerprint density at radius 2 is 2.15 bits per heavy atom. The van der Waals surface area contributed by atoms with E-state index in [4.69, 9.17) is 10.9 Å². The first-order valence-electron chi connectivity index (χ1n) is 3.25. The van der Waals surface area contributed by atoms with Crippen LogP contribution in [0.2, 0.25) is 0 Å². The molecule has 0 spiro atoms. The number of imidazole rings is 1. The van der Waals surface area contributed by atoms with Crippen molar-refractivity contribution in [3.8, 4) is 0 Å². The van der Waals surface area contributed by atoms with Gasteiger partial charge in [0.2, 0.25) is 11.6 Å². The fourth-order valence-electron chi connectivity index (χ4n) is 0.992. The van der Waals surface area contributed by atoms with Gasteiger partial charge in [-0.15, -0.1) is 4.73 Å². The first-order valence-corrected chi connectivity index (χ1v) is 3.25. The Labute approximate surface area is 70.4 Å². The van der Waals surface area contributed by atoms with E-state index >= 15 is 0 Å². The summed E-state index contributed by atoms with van der Waals surface area (Å²) < 4.78 is 0.889. The lowest BCUT2D eigenvalue weighted by atomic mass is 10.5. The van der Waals surface area contributed by atoms with Crippen LogP contribution >= 0.6 is 0 Å². The van der Waals surface area contributed by atoms with Crippen LogP contribution in [0.4, 0.5) is 5.95 Å². The normalized spacial score (nSPS) is 10.8. The first kappa shape index (κ1) is 7.40. The molecule has 4 N–H and O–H groups in total. The van der Waals surface area contributed by atoms with E-state index in [0.29, 0.717) is 9.46 Å². The summed E-state index contributed by atoms with van der Waals surface area (Å²) in [6, 6.07) is 0. The Balaban J connectivity index is 3.08. The highest BCUT2D eigenvalue weighted by atomic mass is 16.5. The zero-order valence-corrected chi connectivity index (χ0v) is 6.25. The van der Waals surface area contributed by atoms with E-state index in [-0.39, 0.29) is 17.1 Å². The van der Waals surface area contributed by atoms with E-state index in [0.717, 1.165) is 6.33 Å². The maximum absolute atomic E-state index is 11.1. The van der Waals surface area contributed by atoms with Crippen LogP contribution in [0.3, 0.4) is 0 Å². The molecular weight excluding hydrogens is 178 g/mol. The van der Waals surface area contributed by atoms with Crippen LogP contribution in [0.1, 0.15) is 0 Å². The number of fused-ring (bicyclic) bond motifs is 1. The van der Waals surface area contributed by atoms with Crippen molar-refractivity contribution in [2.24, 2.45) is 0 Å². The lowest BCUT2D eigenvalue weighted by Crippen LogP contribution is -2.18. The van der Waals surface area contributed by atoms with Crippen LogP contribution in [0.25, 0.3) is 11.2 Å². The zero-order chi connectivity index (χ0) is 9.59. The summed E-state index contributed by atoms with van der Waals surface area (Å²) in [5.41, 5.74) is 4.05. The van der Waals surface area contributed by atoms with E-state index < -0.39 is 5.56 Å². The van der Waals surface area contributed by atoms with Gasteiger partial charge in [-0.25, -0.2) is 4.98 Å². The second kappa shape index (κ2) is 2.12. The molecule has 0 aliphatic heterocycles. The van der Waals surface area contributed by atoms with Crippen molar-refractivity contribution in [3.05, 3.63) is 16.7 Å². The number of nitrogen functional groups attached to an aromatic ring is 1. The summed E-state index contributed by atoms with van der Waals surface area (Å²) in [5, 5.41) is 18.3. The van der Waals surface area contributed by atoms with Crippen LogP contribution in [0, 0.1) is 0 Å². The minimum atomic E-state index is -0.752. The molecule has 0 aromatic carbocycles. The second-order valence-electron chi connectivity index (χ2n) is 2.35. The molecule has 0 aliphatic rings. The van der Waals surface area contributed by atoms with Gasteiger partial charge in [0.1, 0.15) is 6.33 Å². The van der Waals surface area contributed by atoms with Crippen molar-refractivity contribution >= 4 is 17.1 Å². The standard InChI is InChI=1S/C5H5N5O3/c6-5-8-4(11)2-3(10(5)13)7-1-9(2)12/h1,12-13H,(H2,6,8,11). The highest BCUT2D eigenvalue weighted by Gasteiger charge is 2.12. The highest BCUT2D eigenvalue weighted by Crippen LogP contribution is 2.06. The van der Waals surface area contributed by atoms with Gasteiger partial charge in [-0.2, -0.15) is 9.71 Å². The van der Waals surface area contributed by atoms with Crippen LogP contribution < -0.4 is 11.3 Å². The molecule has 68 valence electrons. The monoisotopic (exact) mass is 183 g/mol. The Bertz CT molecular complexity index is 527. The van der Waals surface area contributed by atoms with Crippen molar-refractivity contribution in [1.82, 2.24) is 19.4 Å². The Kier molecular flexibility index (Phi) is 1.21. The van der Waals surface area contributed by atoms with E-state index in [1.807, 2.05) is 0 Å². The highest BCUT2D eigenvalue weighted by molar-refractivity contribution is 5.70. The summed E-state index contributed by atoms with van der Waals surface area (Å²) >= 11 is 0. The Morgan fingerprint density at radius 3 is 2.85 bits per heavy atom. The molecule has 2 rings (SSSR count). The number of nitrogens with two attached hydrogens (primary N) is 1. The third-order valence-corrected chi connectivity index (χ3v) is 1.57. The van der Waals surface area contributed by atoms with Crippen molar-refractivity contribution in [2.75, 3.05) is 5.73 Å². The molecule has 8 nitrogen and oxygen atoms in total. The summed E-state index contributed by atoms with van der Waals surface area (Å²) in [7, 11) is 0. The molecule has 0 radical (unpaired) electrons. The zero-order valence-electron chi connectivity index (χ0n) is 6.25. The molecular formula is C5H5N5O3. The molecule has 2 heterocycles. The minimum absolute atomic E-state index is 0.139. The molecule has 2 aromatic rings. The molecule has 2 aromatic heterocycles. The topological polar surface area (TPSA) is 119 Å². The largest absolute Gasteiger partial charge is 0.427 e. The maximum atomic E-state index is 11.1. The smallest absolute Gasteiger partial charge is 0.304 e. The van der Waals surface area contributed by atoms with Crippen LogP contribution in [0.5, 0.6) is 0 Å². The SMILES string of the molecule is Nc1nc(=O)c2c(ncn2O)n1O.